The lowest BCUT2D eigenvalue weighted by molar-refractivity contribution is 0.0301. The van der Waals surface area contributed by atoms with E-state index < -0.39 is 17.5 Å². The lowest BCUT2D eigenvalue weighted by atomic mass is 9.97. The quantitative estimate of drug-likeness (QED) is 0.192. The van der Waals surface area contributed by atoms with E-state index >= 15 is 0 Å². The highest BCUT2D eigenvalue weighted by Crippen LogP contribution is 2.39. The lowest BCUT2D eigenvalue weighted by Gasteiger charge is -2.44. The van der Waals surface area contributed by atoms with Crippen LogP contribution in [0.15, 0.2) is 42.9 Å². The van der Waals surface area contributed by atoms with Crippen molar-refractivity contribution < 1.29 is 14.2 Å². The molecule has 7 nitrogen and oxygen atoms in total. The Morgan fingerprint density at radius 1 is 1.20 bits per heavy atom. The maximum absolute atomic E-state index is 15.0. The smallest absolute Gasteiger partial charge is 0.166 e. The third-order valence-electron chi connectivity index (χ3n) is 5.80. The van der Waals surface area contributed by atoms with Crippen molar-refractivity contribution in [1.82, 2.24) is 19.5 Å². The van der Waals surface area contributed by atoms with Gasteiger partial charge in [0.15, 0.2) is 11.6 Å². The second kappa shape index (κ2) is 9.59. The summed E-state index contributed by atoms with van der Waals surface area (Å²) in [5, 5.41) is 16.4. The molecule has 0 bridgehead atoms. The van der Waals surface area contributed by atoms with Gasteiger partial charge in [-0.25, -0.2) is 13.8 Å². The van der Waals surface area contributed by atoms with E-state index in [9.17, 15) is 9.50 Å². The Bertz CT molecular complexity index is 1410. The molecule has 3 aromatic heterocycles. The molecule has 0 saturated carbocycles. The van der Waals surface area contributed by atoms with Crippen molar-refractivity contribution in [2.75, 3.05) is 18.0 Å². The highest BCUT2D eigenvalue weighted by Gasteiger charge is 2.38. The molecule has 0 amide bonds. The first-order chi connectivity index (χ1) is 16.7. The minimum atomic E-state index is -0.818. The summed E-state index contributed by atoms with van der Waals surface area (Å²) in [6.45, 7) is 4.26. The van der Waals surface area contributed by atoms with E-state index in [-0.39, 0.29) is 5.82 Å². The molecule has 1 N–H and O–H groups in total. The van der Waals surface area contributed by atoms with E-state index in [1.165, 1.54) is 18.5 Å². The number of rotatable bonds is 6. The number of pyridine rings is 2. The molecule has 5 rings (SSSR count). The molecule has 0 spiro atoms. The number of benzene rings is 1. The summed E-state index contributed by atoms with van der Waals surface area (Å²) in [5.41, 5.74) is 1.90. The lowest BCUT2D eigenvalue weighted by Crippen LogP contribution is -2.60. The normalized spacial score (nSPS) is 16.1. The first kappa shape index (κ1) is 24.9. The monoisotopic (exact) mass is 645 g/mol. The first-order valence-corrected chi connectivity index (χ1v) is 15.5. The van der Waals surface area contributed by atoms with Crippen LogP contribution in [-0.2, 0) is 0 Å². The maximum atomic E-state index is 15.0. The van der Waals surface area contributed by atoms with E-state index in [0.717, 1.165) is 10.9 Å². The summed E-state index contributed by atoms with van der Waals surface area (Å²) >= 11 is 14.8. The molecule has 35 heavy (non-hydrogen) atoms. The summed E-state index contributed by atoms with van der Waals surface area (Å²) in [5.74, 6) is 0.365. The number of anilines is 1. The number of hydrogen-bond donors (Lipinski definition) is 1. The molecule has 0 radical (unpaired) electrons. The zero-order valence-electron chi connectivity index (χ0n) is 18.6. The van der Waals surface area contributed by atoms with Gasteiger partial charge in [-0.1, -0.05) is 23.2 Å². The van der Waals surface area contributed by atoms with Crippen LogP contribution in [0.1, 0.15) is 25.5 Å². The van der Waals surface area contributed by atoms with Gasteiger partial charge >= 0.3 is 0 Å². The average molecular weight is 646 g/mol. The van der Waals surface area contributed by atoms with Gasteiger partial charge in [-0.05, 0) is 60.2 Å². The third kappa shape index (κ3) is 4.81. The number of β-amino-alcohol motifs (C(OH)–C–C–N with tert-alkyl or cyclic N) is 1. The van der Waals surface area contributed by atoms with Crippen LogP contribution >= 0.6 is 51.6 Å². The molecule has 182 valence electrons. The minimum Gasteiger partial charge on any atom is -0.486 e. The van der Waals surface area contributed by atoms with Crippen LogP contribution in [0.3, 0.4) is 0 Å². The number of fused-ring (bicyclic) bond motifs is 1. The Labute approximate surface area is 225 Å². The van der Waals surface area contributed by atoms with Crippen molar-refractivity contribution in [3.63, 3.8) is 0 Å². The summed E-state index contributed by atoms with van der Waals surface area (Å²) in [7, 11) is 0. The Morgan fingerprint density at radius 3 is 2.54 bits per heavy atom. The molecule has 0 aliphatic carbocycles. The Kier molecular flexibility index (Phi) is 6.82. The molecule has 2 atom stereocenters. The fourth-order valence-electron chi connectivity index (χ4n) is 4.24. The minimum absolute atomic E-state index is 0.226. The van der Waals surface area contributed by atoms with Crippen LogP contribution in [0, 0.1) is 5.82 Å². The van der Waals surface area contributed by atoms with Gasteiger partial charge < -0.3 is 14.7 Å². The molecule has 4 heterocycles. The van der Waals surface area contributed by atoms with Crippen LogP contribution in [0.5, 0.6) is 5.75 Å². The zero-order valence-corrected chi connectivity index (χ0v) is 23.3. The average Bonchev–Trinajstić information content (AvgIpc) is 3.15. The van der Waals surface area contributed by atoms with Gasteiger partial charge in [0.2, 0.25) is 0 Å². The molecule has 1 aromatic carbocycles. The van der Waals surface area contributed by atoms with Gasteiger partial charge in [0.25, 0.3) is 0 Å². The number of aromatic nitrogens is 4. The fourth-order valence-corrected chi connectivity index (χ4v) is 6.44. The van der Waals surface area contributed by atoms with Crippen LogP contribution < -0.4 is 9.64 Å². The van der Waals surface area contributed by atoms with Gasteiger partial charge in [-0.2, -0.15) is 5.10 Å². The van der Waals surface area contributed by atoms with E-state index in [1.54, 1.807) is 18.0 Å². The second-order valence-electron chi connectivity index (χ2n) is 8.68. The van der Waals surface area contributed by atoms with Gasteiger partial charge in [0.1, 0.15) is 17.5 Å². The van der Waals surface area contributed by atoms with Crippen LogP contribution in [0.4, 0.5) is 10.2 Å². The molecule has 1 saturated heterocycles. The summed E-state index contributed by atoms with van der Waals surface area (Å²) < 4.78 is 23.0. The zero-order chi connectivity index (χ0) is 24.9. The second-order valence-corrected chi connectivity index (χ2v) is 11.5. The Hall–Kier alpha value is -1.78. The van der Waals surface area contributed by atoms with Gasteiger partial charge in [0, 0.05) is 48.2 Å². The van der Waals surface area contributed by atoms with E-state index in [2.05, 4.69) is 32.0 Å². The van der Waals surface area contributed by atoms with Gasteiger partial charge in [-0.15, -0.1) is 0 Å². The molecule has 4 aromatic rings. The Balaban J connectivity index is 1.50. The summed E-state index contributed by atoms with van der Waals surface area (Å²) in [6.07, 6.45) is 4.60. The largest absolute Gasteiger partial charge is 0.486 e. The third-order valence-corrected chi connectivity index (χ3v) is 8.27. The van der Waals surface area contributed by atoms with E-state index in [4.69, 9.17) is 33.0 Å². The predicted molar refractivity (Wildman–Crippen MR) is 147 cm³/mol. The highest BCUT2D eigenvalue weighted by molar-refractivity contribution is 14.2. The molecule has 12 heteroatoms. The maximum Gasteiger partial charge on any atom is 0.166 e. The van der Waals surface area contributed by atoms with Crippen molar-refractivity contribution in [2.45, 2.75) is 25.6 Å². The number of nitrogens with zero attached hydrogens (tertiary/aromatic N) is 5. The number of aliphatic hydroxyl groups is 1. The number of halogens is 4. The van der Waals surface area contributed by atoms with Gasteiger partial charge in [0.05, 0.1) is 27.5 Å². The number of ether oxygens (including phenoxy) is 1. The van der Waals surface area contributed by atoms with E-state index in [1.807, 2.05) is 29.6 Å². The first-order valence-electron chi connectivity index (χ1n) is 10.6. The molecule has 1 aliphatic heterocycles. The molecule has 1 unspecified atom stereocenters. The van der Waals surface area contributed by atoms with Crippen molar-refractivity contribution in [3.8, 4) is 17.0 Å². The van der Waals surface area contributed by atoms with Crippen molar-refractivity contribution >= 4 is 68.3 Å². The van der Waals surface area contributed by atoms with E-state index in [0.29, 0.717) is 52.1 Å². The highest BCUT2D eigenvalue weighted by atomic mass is 127. The van der Waals surface area contributed by atoms with Gasteiger partial charge in [-0.3, -0.25) is 4.98 Å². The summed E-state index contributed by atoms with van der Waals surface area (Å²) in [6, 6.07) is 7.10. The molecular weight excluding hydrogens is 626 g/mol. The topological polar surface area (TPSA) is 76.3 Å². The standard InChI is InChI=1S/C23H20Cl2FIN5O2P/c1-12(20-16(24)8-28-9-17(20)25)34-14-3-4-19-15(6-14)21(30-32(19)35-27)13-5-18(26)22(29-7-13)31-10-23(2,33)11-31/h3-9,12,33,35H,10-11H2,1-2H3/t12-/m1/s1. The van der Waals surface area contributed by atoms with Crippen LogP contribution in [0.2, 0.25) is 10.0 Å². The summed E-state index contributed by atoms with van der Waals surface area (Å²) in [4.78, 5) is 10.0. The van der Waals surface area contributed by atoms with Crippen molar-refractivity contribution in [1.29, 1.82) is 0 Å². The SMILES string of the molecule is C[C@@H](Oc1ccc2c(c1)c(-c1cnc(N3CC(C)(O)C3)c(F)c1)nn2PI)c1c(Cl)cncc1Cl. The number of hydrogen-bond acceptors (Lipinski definition) is 6. The van der Waals surface area contributed by atoms with Crippen LogP contribution in [0.25, 0.3) is 22.2 Å². The molecular formula is C23H20Cl2FIN5O2P. The molecule has 1 aliphatic rings. The fraction of sp³-hybridized carbons (Fsp3) is 0.261. The molecule has 1 fully saturated rings. The Morgan fingerprint density at radius 2 is 1.91 bits per heavy atom. The van der Waals surface area contributed by atoms with Crippen molar-refractivity contribution in [2.24, 2.45) is 0 Å². The van der Waals surface area contributed by atoms with Crippen LogP contribution in [-0.4, -0.2) is 43.3 Å². The van der Waals surface area contributed by atoms with Crippen molar-refractivity contribution in [3.05, 3.63) is 64.3 Å². The predicted octanol–water partition coefficient (Wildman–Crippen LogP) is 6.44.